The predicted octanol–water partition coefficient (Wildman–Crippen LogP) is 4.02. The van der Waals surface area contributed by atoms with Crippen LogP contribution in [0.5, 0.6) is 5.75 Å². The number of Topliss-reactive ketones (excluding diaryl/α,β-unsaturated/α-hetero) is 1. The van der Waals surface area contributed by atoms with E-state index in [2.05, 4.69) is 15.6 Å². The van der Waals surface area contributed by atoms with Crippen LogP contribution in [0.4, 0.5) is 11.4 Å². The molecule has 3 aromatic rings. The number of aryl methyl sites for hydroxylation is 1. The molecular weight excluding hydrogens is 398 g/mol. The quantitative estimate of drug-likeness (QED) is 0.646. The predicted molar refractivity (Wildman–Crippen MR) is 114 cm³/mol. The van der Waals surface area contributed by atoms with Gasteiger partial charge in [-0.05, 0) is 37.6 Å². The molecule has 0 saturated heterocycles. The number of aromatic nitrogens is 1. The molecule has 0 bridgehead atoms. The second-order valence-corrected chi connectivity index (χ2v) is 7.20. The zero-order chi connectivity index (χ0) is 22.0. The molecule has 0 radical (unpaired) electrons. The molecule has 158 valence electrons. The minimum Gasteiger partial charge on any atom is -0.494 e. The van der Waals surface area contributed by atoms with Gasteiger partial charge in [-0.2, -0.15) is 0 Å². The monoisotopic (exact) mass is 419 g/mol. The van der Waals surface area contributed by atoms with Crippen LogP contribution in [0.25, 0.3) is 0 Å². The second-order valence-electron chi connectivity index (χ2n) is 7.20. The van der Waals surface area contributed by atoms with Crippen molar-refractivity contribution in [3.63, 3.8) is 0 Å². The number of hydrogen-bond acceptors (Lipinski definition) is 6. The summed E-state index contributed by atoms with van der Waals surface area (Å²) in [7, 11) is 1.47. The Bertz CT molecular complexity index is 1170. The van der Waals surface area contributed by atoms with Crippen LogP contribution in [0.3, 0.4) is 0 Å². The highest BCUT2D eigenvalue weighted by atomic mass is 16.5. The third-order valence-electron chi connectivity index (χ3n) is 5.14. The Labute approximate surface area is 178 Å². The molecule has 0 fully saturated rings. The van der Waals surface area contributed by atoms with Gasteiger partial charge in [-0.3, -0.25) is 19.4 Å². The number of fused-ring (bicyclic) bond motifs is 1. The van der Waals surface area contributed by atoms with Gasteiger partial charge < -0.3 is 19.8 Å². The highest BCUT2D eigenvalue weighted by Crippen LogP contribution is 2.31. The van der Waals surface area contributed by atoms with Crippen LogP contribution in [0.1, 0.15) is 55.4 Å². The fourth-order valence-corrected chi connectivity index (χ4v) is 3.62. The van der Waals surface area contributed by atoms with E-state index in [1.807, 2.05) is 0 Å². The fraction of sp³-hybridized carbons (Fsp3) is 0.217. The summed E-state index contributed by atoms with van der Waals surface area (Å²) in [5.41, 5.74) is 2.41. The lowest BCUT2D eigenvalue weighted by Gasteiger charge is -2.12. The number of anilines is 2. The number of carbonyl (C=O) groups excluding carboxylic acids is 3. The van der Waals surface area contributed by atoms with Gasteiger partial charge in [-0.1, -0.05) is 0 Å². The lowest BCUT2D eigenvalue weighted by atomic mass is 9.94. The molecule has 2 heterocycles. The summed E-state index contributed by atoms with van der Waals surface area (Å²) in [5, 5.41) is 5.53. The maximum Gasteiger partial charge on any atom is 0.291 e. The van der Waals surface area contributed by atoms with Crippen LogP contribution in [0, 0.1) is 6.92 Å². The summed E-state index contributed by atoms with van der Waals surface area (Å²) in [6.45, 7) is 1.72. The van der Waals surface area contributed by atoms with Gasteiger partial charge in [-0.25, -0.2) is 0 Å². The van der Waals surface area contributed by atoms with Gasteiger partial charge in [0.25, 0.3) is 11.8 Å². The molecule has 1 aliphatic rings. The van der Waals surface area contributed by atoms with E-state index in [1.54, 1.807) is 43.5 Å². The highest BCUT2D eigenvalue weighted by molar-refractivity contribution is 6.08. The number of pyridine rings is 1. The summed E-state index contributed by atoms with van der Waals surface area (Å²) in [4.78, 5) is 41.2. The first kappa shape index (κ1) is 20.3. The Balaban J connectivity index is 1.53. The van der Waals surface area contributed by atoms with Gasteiger partial charge in [0.15, 0.2) is 11.5 Å². The van der Waals surface area contributed by atoms with E-state index in [0.717, 1.165) is 6.42 Å². The van der Waals surface area contributed by atoms with Crippen molar-refractivity contribution in [2.45, 2.75) is 26.2 Å². The van der Waals surface area contributed by atoms with Crippen molar-refractivity contribution < 1.29 is 23.5 Å². The first-order chi connectivity index (χ1) is 15.0. The fourth-order valence-electron chi connectivity index (χ4n) is 3.62. The van der Waals surface area contributed by atoms with Crippen LogP contribution < -0.4 is 15.4 Å². The highest BCUT2D eigenvalue weighted by Gasteiger charge is 2.28. The molecular formula is C23H21N3O5. The number of nitrogens with zero attached hydrogens (tertiary/aromatic N) is 1. The topological polar surface area (TPSA) is 111 Å². The van der Waals surface area contributed by atoms with Crippen molar-refractivity contribution in [3.05, 3.63) is 70.9 Å². The Morgan fingerprint density at radius 2 is 1.97 bits per heavy atom. The largest absolute Gasteiger partial charge is 0.494 e. The minimum absolute atomic E-state index is 0.0110. The number of carbonyl (C=O) groups is 3. The van der Waals surface area contributed by atoms with Crippen molar-refractivity contribution in [2.75, 3.05) is 17.7 Å². The van der Waals surface area contributed by atoms with Crippen LogP contribution in [-0.4, -0.2) is 29.7 Å². The van der Waals surface area contributed by atoms with E-state index in [1.165, 1.54) is 13.3 Å². The molecule has 4 rings (SSSR count). The average Bonchev–Trinajstić information content (AvgIpc) is 3.13. The number of rotatable bonds is 5. The van der Waals surface area contributed by atoms with Crippen molar-refractivity contribution in [1.82, 2.24) is 4.98 Å². The number of hydrogen-bond donors (Lipinski definition) is 2. The number of ketones is 1. The number of nitrogens with one attached hydrogen (secondary N) is 2. The number of ether oxygens (including phenoxy) is 1. The molecule has 0 aliphatic heterocycles. The SMILES string of the molecule is COc1cc(NC(=O)c2oc3c(c2C)C(=O)CCC3)ccc1NC(=O)c1cccnc1. The standard InChI is InChI=1S/C23H21N3O5/c1-13-20-17(27)6-3-7-18(20)31-21(13)23(29)25-15-8-9-16(19(11-15)30-2)26-22(28)14-5-4-10-24-12-14/h4-5,8-12H,3,6-7H2,1-2H3,(H,25,29)(H,26,28). The number of benzene rings is 1. The molecule has 0 atom stereocenters. The molecule has 2 aromatic heterocycles. The van der Waals surface area contributed by atoms with E-state index in [4.69, 9.17) is 9.15 Å². The van der Waals surface area contributed by atoms with Crippen molar-refractivity contribution in [2.24, 2.45) is 0 Å². The van der Waals surface area contributed by atoms with Crippen molar-refractivity contribution in [1.29, 1.82) is 0 Å². The zero-order valence-corrected chi connectivity index (χ0v) is 17.2. The zero-order valence-electron chi connectivity index (χ0n) is 17.2. The molecule has 0 spiro atoms. The molecule has 8 nitrogen and oxygen atoms in total. The van der Waals surface area contributed by atoms with E-state index in [0.29, 0.717) is 52.4 Å². The molecule has 1 aliphatic carbocycles. The Kier molecular flexibility index (Phi) is 5.53. The van der Waals surface area contributed by atoms with Crippen LogP contribution >= 0.6 is 0 Å². The average molecular weight is 419 g/mol. The lowest BCUT2D eigenvalue weighted by molar-refractivity contribution is 0.0963. The Morgan fingerprint density at radius 1 is 1.13 bits per heavy atom. The number of furan rings is 1. The van der Waals surface area contributed by atoms with Gasteiger partial charge in [0.2, 0.25) is 0 Å². The number of methoxy groups -OCH3 is 1. The normalized spacial score (nSPS) is 12.8. The summed E-state index contributed by atoms with van der Waals surface area (Å²) in [6, 6.07) is 8.20. The van der Waals surface area contributed by atoms with Gasteiger partial charge in [0.05, 0.1) is 23.9 Å². The molecule has 0 saturated carbocycles. The lowest BCUT2D eigenvalue weighted by Crippen LogP contribution is -2.14. The maximum absolute atomic E-state index is 12.8. The first-order valence-electron chi connectivity index (χ1n) is 9.84. The smallest absolute Gasteiger partial charge is 0.291 e. The van der Waals surface area contributed by atoms with Gasteiger partial charge in [0.1, 0.15) is 11.5 Å². The first-order valence-corrected chi connectivity index (χ1v) is 9.84. The van der Waals surface area contributed by atoms with Gasteiger partial charge in [-0.15, -0.1) is 0 Å². The third kappa shape index (κ3) is 4.05. The summed E-state index contributed by atoms with van der Waals surface area (Å²) >= 11 is 0. The van der Waals surface area contributed by atoms with Crippen LogP contribution in [0.2, 0.25) is 0 Å². The van der Waals surface area contributed by atoms with Crippen molar-refractivity contribution in [3.8, 4) is 5.75 Å². The van der Waals surface area contributed by atoms with Gasteiger partial charge in [0, 0.05) is 42.6 Å². The molecule has 1 aromatic carbocycles. The molecule has 8 heteroatoms. The molecule has 0 unspecified atom stereocenters. The Morgan fingerprint density at radius 3 is 2.68 bits per heavy atom. The summed E-state index contributed by atoms with van der Waals surface area (Å²) in [6.07, 6.45) is 4.89. The molecule has 2 amide bonds. The molecule has 2 N–H and O–H groups in total. The van der Waals surface area contributed by atoms with Crippen molar-refractivity contribution >= 4 is 29.0 Å². The maximum atomic E-state index is 12.8. The third-order valence-corrected chi connectivity index (χ3v) is 5.14. The van der Waals surface area contributed by atoms with Gasteiger partial charge >= 0.3 is 0 Å². The molecule has 31 heavy (non-hydrogen) atoms. The number of amides is 2. The van der Waals surface area contributed by atoms with E-state index in [-0.39, 0.29) is 17.5 Å². The van der Waals surface area contributed by atoms with E-state index in [9.17, 15) is 14.4 Å². The Hall–Kier alpha value is -3.94. The van der Waals surface area contributed by atoms with Crippen LogP contribution in [0.15, 0.2) is 47.1 Å². The van der Waals surface area contributed by atoms with E-state index < -0.39 is 5.91 Å². The van der Waals surface area contributed by atoms with Crippen LogP contribution in [-0.2, 0) is 6.42 Å². The van der Waals surface area contributed by atoms with E-state index >= 15 is 0 Å². The minimum atomic E-state index is -0.450. The second kappa shape index (κ2) is 8.43. The summed E-state index contributed by atoms with van der Waals surface area (Å²) < 4.78 is 11.1. The summed E-state index contributed by atoms with van der Waals surface area (Å²) in [5.74, 6) is 0.314.